The van der Waals surface area contributed by atoms with Gasteiger partial charge in [-0.3, -0.25) is 4.79 Å². The number of benzene rings is 1. The minimum atomic E-state index is -0.0859. The second kappa shape index (κ2) is 8.31. The lowest BCUT2D eigenvalue weighted by molar-refractivity contribution is -0.124. The summed E-state index contributed by atoms with van der Waals surface area (Å²) in [6, 6.07) is 5.86. The largest absolute Gasteiger partial charge is 0.484 e. The zero-order valence-electron chi connectivity index (χ0n) is 14.4. The van der Waals surface area contributed by atoms with Crippen molar-refractivity contribution in [3.8, 4) is 5.75 Å². The number of hydrogen-bond donors (Lipinski definition) is 2. The van der Waals surface area contributed by atoms with Crippen LogP contribution in [-0.4, -0.2) is 45.9 Å². The number of nitrogens with one attached hydrogen (secondary N) is 2. The number of carbonyl (C=O) groups is 1. The van der Waals surface area contributed by atoms with E-state index < -0.39 is 0 Å². The lowest BCUT2D eigenvalue weighted by Crippen LogP contribution is -2.47. The third kappa shape index (κ3) is 5.22. The Kier molecular flexibility index (Phi) is 6.42. The van der Waals surface area contributed by atoms with E-state index in [1.54, 1.807) is 7.11 Å². The molecule has 0 aliphatic carbocycles. The second-order valence-corrected chi connectivity index (χ2v) is 6.49. The summed E-state index contributed by atoms with van der Waals surface area (Å²) in [5, 5.41) is 6.35. The first kappa shape index (κ1) is 17.8. The molecule has 0 saturated carbocycles. The van der Waals surface area contributed by atoms with Crippen molar-refractivity contribution in [2.24, 2.45) is 5.41 Å². The highest BCUT2D eigenvalue weighted by Gasteiger charge is 2.32. The topological polar surface area (TPSA) is 59.6 Å². The highest BCUT2D eigenvalue weighted by molar-refractivity contribution is 5.77. The number of ether oxygens (including phenoxy) is 2. The molecule has 5 nitrogen and oxygen atoms in total. The molecule has 0 unspecified atom stereocenters. The maximum atomic E-state index is 12.1. The van der Waals surface area contributed by atoms with Crippen LogP contribution in [0, 0.1) is 19.3 Å². The van der Waals surface area contributed by atoms with E-state index >= 15 is 0 Å². The first-order chi connectivity index (χ1) is 11.0. The molecule has 1 aromatic carbocycles. The molecule has 23 heavy (non-hydrogen) atoms. The third-order valence-electron chi connectivity index (χ3n) is 4.62. The molecule has 5 heteroatoms. The normalized spacial score (nSPS) is 16.8. The van der Waals surface area contributed by atoms with Crippen molar-refractivity contribution in [2.75, 3.05) is 40.0 Å². The molecule has 1 heterocycles. The fraction of sp³-hybridized carbons (Fsp3) is 0.611. The molecule has 128 valence electrons. The van der Waals surface area contributed by atoms with Crippen molar-refractivity contribution >= 4 is 5.91 Å². The summed E-state index contributed by atoms with van der Waals surface area (Å²) in [7, 11) is 1.72. The predicted molar refractivity (Wildman–Crippen MR) is 90.8 cm³/mol. The van der Waals surface area contributed by atoms with Crippen molar-refractivity contribution in [2.45, 2.75) is 26.7 Å². The fourth-order valence-corrected chi connectivity index (χ4v) is 2.93. The zero-order chi connectivity index (χ0) is 16.7. The lowest BCUT2D eigenvalue weighted by Gasteiger charge is -2.37. The molecule has 2 N–H and O–H groups in total. The zero-order valence-corrected chi connectivity index (χ0v) is 14.4. The quantitative estimate of drug-likeness (QED) is 0.804. The summed E-state index contributed by atoms with van der Waals surface area (Å²) >= 11 is 0. The van der Waals surface area contributed by atoms with Gasteiger partial charge in [-0.25, -0.2) is 0 Å². The Bertz CT molecular complexity index is 519. The summed E-state index contributed by atoms with van der Waals surface area (Å²) in [4.78, 5) is 12.1. The number of carbonyl (C=O) groups excluding carboxylic acids is 1. The Labute approximate surface area is 138 Å². The lowest BCUT2D eigenvalue weighted by atomic mass is 9.79. The maximum Gasteiger partial charge on any atom is 0.257 e. The van der Waals surface area contributed by atoms with Gasteiger partial charge in [0.25, 0.3) is 5.91 Å². The van der Waals surface area contributed by atoms with E-state index in [1.807, 2.05) is 25.1 Å². The van der Waals surface area contributed by atoms with Crippen LogP contribution in [0.15, 0.2) is 18.2 Å². The number of methoxy groups -OCH3 is 1. The molecular formula is C18H28N2O3. The smallest absolute Gasteiger partial charge is 0.257 e. The van der Waals surface area contributed by atoms with Gasteiger partial charge in [0.1, 0.15) is 5.75 Å². The van der Waals surface area contributed by atoms with E-state index in [2.05, 4.69) is 17.6 Å². The van der Waals surface area contributed by atoms with E-state index in [0.29, 0.717) is 13.2 Å². The van der Waals surface area contributed by atoms with E-state index in [9.17, 15) is 4.79 Å². The van der Waals surface area contributed by atoms with Crippen molar-refractivity contribution in [3.63, 3.8) is 0 Å². The minimum absolute atomic E-state index is 0.0378. The first-order valence-corrected chi connectivity index (χ1v) is 8.21. The highest BCUT2D eigenvalue weighted by atomic mass is 16.5. The molecular weight excluding hydrogens is 292 g/mol. The van der Waals surface area contributed by atoms with Crippen LogP contribution in [0.3, 0.4) is 0 Å². The second-order valence-electron chi connectivity index (χ2n) is 6.49. The summed E-state index contributed by atoms with van der Waals surface area (Å²) in [5.41, 5.74) is 2.42. The molecule has 0 atom stereocenters. The SMILES string of the molecule is COCC1(CNC(=O)COc2ccc(C)c(C)c2)CCNCC1. The number of piperidine rings is 1. The molecule has 0 aromatic heterocycles. The predicted octanol–water partition coefficient (Wildman–Crippen LogP) is 1.81. The van der Waals surface area contributed by atoms with Gasteiger partial charge in [0.05, 0.1) is 6.61 Å². The molecule has 1 fully saturated rings. The summed E-state index contributed by atoms with van der Waals surface area (Å²) < 4.78 is 10.9. The highest BCUT2D eigenvalue weighted by Crippen LogP contribution is 2.28. The molecule has 2 rings (SSSR count). The molecule has 1 aromatic rings. The van der Waals surface area contributed by atoms with Crippen LogP contribution in [0.2, 0.25) is 0 Å². The summed E-state index contributed by atoms with van der Waals surface area (Å²) in [5.74, 6) is 0.647. The first-order valence-electron chi connectivity index (χ1n) is 8.21. The molecule has 1 aliphatic heterocycles. The fourth-order valence-electron chi connectivity index (χ4n) is 2.93. The van der Waals surface area contributed by atoms with Crippen LogP contribution in [0.4, 0.5) is 0 Å². The van der Waals surface area contributed by atoms with Gasteiger partial charge in [-0.15, -0.1) is 0 Å². The number of amides is 1. The summed E-state index contributed by atoms with van der Waals surface area (Å²) in [6.45, 7) is 7.39. The summed E-state index contributed by atoms with van der Waals surface area (Å²) in [6.07, 6.45) is 2.03. The van der Waals surface area contributed by atoms with Gasteiger partial charge in [-0.1, -0.05) is 6.07 Å². The standard InChI is InChI=1S/C18H28N2O3/c1-14-4-5-16(10-15(14)2)23-11-17(21)20-12-18(13-22-3)6-8-19-9-7-18/h4-5,10,19H,6-9,11-13H2,1-3H3,(H,20,21). The minimum Gasteiger partial charge on any atom is -0.484 e. The Hall–Kier alpha value is -1.59. The van der Waals surface area contributed by atoms with E-state index in [0.717, 1.165) is 37.2 Å². The van der Waals surface area contributed by atoms with Crippen LogP contribution < -0.4 is 15.4 Å². The molecule has 0 radical (unpaired) electrons. The van der Waals surface area contributed by atoms with Crippen LogP contribution in [-0.2, 0) is 9.53 Å². The van der Waals surface area contributed by atoms with E-state index in [4.69, 9.17) is 9.47 Å². The van der Waals surface area contributed by atoms with Gasteiger partial charge in [0, 0.05) is 19.1 Å². The molecule has 1 amide bonds. The van der Waals surface area contributed by atoms with Crippen LogP contribution in [0.1, 0.15) is 24.0 Å². The van der Waals surface area contributed by atoms with Gasteiger partial charge in [0.2, 0.25) is 0 Å². The Morgan fingerprint density at radius 1 is 1.26 bits per heavy atom. The molecule has 0 bridgehead atoms. The molecule has 1 aliphatic rings. The molecule has 0 spiro atoms. The third-order valence-corrected chi connectivity index (χ3v) is 4.62. The van der Waals surface area contributed by atoms with Crippen LogP contribution >= 0.6 is 0 Å². The van der Waals surface area contributed by atoms with Gasteiger partial charge in [-0.2, -0.15) is 0 Å². The Balaban J connectivity index is 1.80. The maximum absolute atomic E-state index is 12.1. The van der Waals surface area contributed by atoms with Gasteiger partial charge in [0.15, 0.2) is 6.61 Å². The number of hydrogen-bond acceptors (Lipinski definition) is 4. The number of rotatable bonds is 7. The van der Waals surface area contributed by atoms with Crippen LogP contribution in [0.25, 0.3) is 0 Å². The van der Waals surface area contributed by atoms with Crippen molar-refractivity contribution in [3.05, 3.63) is 29.3 Å². The van der Waals surface area contributed by atoms with Crippen molar-refractivity contribution in [1.82, 2.24) is 10.6 Å². The van der Waals surface area contributed by atoms with E-state index in [-0.39, 0.29) is 17.9 Å². The Morgan fingerprint density at radius 2 is 2.00 bits per heavy atom. The number of aryl methyl sites for hydroxylation is 2. The van der Waals surface area contributed by atoms with Crippen molar-refractivity contribution in [1.29, 1.82) is 0 Å². The van der Waals surface area contributed by atoms with Gasteiger partial charge >= 0.3 is 0 Å². The van der Waals surface area contributed by atoms with Crippen molar-refractivity contribution < 1.29 is 14.3 Å². The van der Waals surface area contributed by atoms with Crippen LogP contribution in [0.5, 0.6) is 5.75 Å². The average molecular weight is 320 g/mol. The van der Waals surface area contributed by atoms with E-state index in [1.165, 1.54) is 5.56 Å². The monoisotopic (exact) mass is 320 g/mol. The van der Waals surface area contributed by atoms with Gasteiger partial charge in [-0.05, 0) is 63.0 Å². The molecule has 1 saturated heterocycles. The van der Waals surface area contributed by atoms with Gasteiger partial charge < -0.3 is 20.1 Å². The Morgan fingerprint density at radius 3 is 2.65 bits per heavy atom. The average Bonchev–Trinajstić information content (AvgIpc) is 2.55.